The smallest absolute Gasteiger partial charge is 0.270 e. The van der Waals surface area contributed by atoms with Gasteiger partial charge in [0.05, 0.1) is 0 Å². The van der Waals surface area contributed by atoms with Crippen molar-refractivity contribution in [3.05, 3.63) is 40.7 Å². The molecule has 2 rings (SSSR count). The Balaban J connectivity index is 2.06. The Morgan fingerprint density at radius 3 is 2.95 bits per heavy atom. The van der Waals surface area contributed by atoms with Gasteiger partial charge in [0.15, 0.2) is 0 Å². The first-order valence-electron chi connectivity index (χ1n) is 6.53. The van der Waals surface area contributed by atoms with Gasteiger partial charge in [0, 0.05) is 23.4 Å². The molecule has 2 N–H and O–H groups in total. The van der Waals surface area contributed by atoms with E-state index >= 15 is 0 Å². The summed E-state index contributed by atoms with van der Waals surface area (Å²) < 4.78 is 0. The topological polar surface area (TPSA) is 101 Å². The highest BCUT2D eigenvalue weighted by Crippen LogP contribution is 2.21. The summed E-state index contributed by atoms with van der Waals surface area (Å²) in [5.41, 5.74) is 0.875. The SMILES string of the molecule is O=C/C=C/C=C(\S)CNC(=O)c1ncnc2c1CCC(=O)N2. The van der Waals surface area contributed by atoms with Gasteiger partial charge in [0.2, 0.25) is 5.91 Å². The number of allylic oxidation sites excluding steroid dienone is 3. The van der Waals surface area contributed by atoms with E-state index in [4.69, 9.17) is 0 Å². The molecule has 0 radical (unpaired) electrons. The quantitative estimate of drug-likeness (QED) is 0.320. The minimum Gasteiger partial charge on any atom is -0.346 e. The predicted octanol–water partition coefficient (Wildman–Crippen LogP) is 0.660. The Labute approximate surface area is 132 Å². The first kappa shape index (κ1) is 15.9. The number of nitrogens with one attached hydrogen (secondary N) is 2. The fourth-order valence-corrected chi connectivity index (χ4v) is 2.08. The Kier molecular flexibility index (Phi) is 5.42. The number of nitrogens with zero attached hydrogens (tertiary/aromatic N) is 2. The Bertz CT molecular complexity index is 670. The van der Waals surface area contributed by atoms with Crippen LogP contribution in [0, 0.1) is 0 Å². The van der Waals surface area contributed by atoms with E-state index in [0.29, 0.717) is 35.4 Å². The number of hydrogen-bond donors (Lipinski definition) is 3. The summed E-state index contributed by atoms with van der Waals surface area (Å²) in [4.78, 5) is 42.2. The number of amides is 2. The molecule has 1 aromatic rings. The lowest BCUT2D eigenvalue weighted by atomic mass is 10.0. The predicted molar refractivity (Wildman–Crippen MR) is 83.6 cm³/mol. The van der Waals surface area contributed by atoms with E-state index in [1.54, 1.807) is 6.08 Å². The first-order chi connectivity index (χ1) is 10.6. The van der Waals surface area contributed by atoms with Crippen LogP contribution in [0.3, 0.4) is 0 Å². The van der Waals surface area contributed by atoms with E-state index in [1.165, 1.54) is 18.5 Å². The number of carbonyl (C=O) groups excluding carboxylic acids is 3. The Hall–Kier alpha value is -2.48. The van der Waals surface area contributed by atoms with Gasteiger partial charge in [-0.3, -0.25) is 14.4 Å². The lowest BCUT2D eigenvalue weighted by molar-refractivity contribution is -0.116. The van der Waals surface area contributed by atoms with Gasteiger partial charge < -0.3 is 10.6 Å². The maximum Gasteiger partial charge on any atom is 0.270 e. The third-order valence-corrected chi connectivity index (χ3v) is 3.24. The molecule has 1 aliphatic rings. The molecular formula is C14H14N4O3S. The van der Waals surface area contributed by atoms with Crippen LogP contribution in [0.4, 0.5) is 5.82 Å². The first-order valence-corrected chi connectivity index (χ1v) is 6.98. The van der Waals surface area contributed by atoms with Crippen molar-refractivity contribution in [2.24, 2.45) is 0 Å². The molecule has 1 aromatic heterocycles. The number of anilines is 1. The van der Waals surface area contributed by atoms with Gasteiger partial charge in [-0.05, 0) is 12.5 Å². The lowest BCUT2D eigenvalue weighted by Crippen LogP contribution is -2.29. The molecule has 0 saturated heterocycles. The summed E-state index contributed by atoms with van der Waals surface area (Å²) in [6.07, 6.45) is 7.07. The molecular weight excluding hydrogens is 304 g/mol. The lowest BCUT2D eigenvalue weighted by Gasteiger charge is -2.17. The molecule has 8 heteroatoms. The van der Waals surface area contributed by atoms with Gasteiger partial charge in [-0.25, -0.2) is 9.97 Å². The fourth-order valence-electron chi connectivity index (χ4n) is 1.91. The van der Waals surface area contributed by atoms with Crippen LogP contribution in [-0.4, -0.2) is 34.6 Å². The van der Waals surface area contributed by atoms with Crippen molar-refractivity contribution in [2.75, 3.05) is 11.9 Å². The molecule has 1 aliphatic heterocycles. The van der Waals surface area contributed by atoms with Crippen LogP contribution >= 0.6 is 12.6 Å². The highest BCUT2D eigenvalue weighted by molar-refractivity contribution is 7.84. The molecule has 0 bridgehead atoms. The van der Waals surface area contributed by atoms with E-state index in [9.17, 15) is 14.4 Å². The highest BCUT2D eigenvalue weighted by atomic mass is 32.1. The van der Waals surface area contributed by atoms with Crippen molar-refractivity contribution in [1.82, 2.24) is 15.3 Å². The molecule has 0 atom stereocenters. The monoisotopic (exact) mass is 318 g/mol. The summed E-state index contributed by atoms with van der Waals surface area (Å²) in [6, 6.07) is 0. The molecule has 0 saturated carbocycles. The van der Waals surface area contributed by atoms with Gasteiger partial charge in [-0.1, -0.05) is 12.2 Å². The summed E-state index contributed by atoms with van der Waals surface area (Å²) in [5.74, 6) is -0.110. The van der Waals surface area contributed by atoms with Crippen molar-refractivity contribution < 1.29 is 14.4 Å². The van der Waals surface area contributed by atoms with Gasteiger partial charge in [0.1, 0.15) is 24.1 Å². The summed E-state index contributed by atoms with van der Waals surface area (Å²) in [7, 11) is 0. The van der Waals surface area contributed by atoms with Crippen molar-refractivity contribution in [2.45, 2.75) is 12.8 Å². The molecule has 7 nitrogen and oxygen atoms in total. The number of thiol groups is 1. The molecule has 0 spiro atoms. The Morgan fingerprint density at radius 2 is 2.18 bits per heavy atom. The molecule has 0 aromatic carbocycles. The van der Waals surface area contributed by atoms with Crippen LogP contribution in [0.1, 0.15) is 22.5 Å². The zero-order chi connectivity index (χ0) is 15.9. The van der Waals surface area contributed by atoms with E-state index in [-0.39, 0.29) is 24.1 Å². The summed E-state index contributed by atoms with van der Waals surface area (Å²) >= 11 is 4.19. The minimum atomic E-state index is -0.367. The van der Waals surface area contributed by atoms with Crippen LogP contribution in [-0.2, 0) is 16.0 Å². The second kappa shape index (κ2) is 7.51. The minimum absolute atomic E-state index is 0.125. The van der Waals surface area contributed by atoms with E-state index < -0.39 is 0 Å². The van der Waals surface area contributed by atoms with E-state index in [1.807, 2.05) is 0 Å². The third kappa shape index (κ3) is 4.01. The van der Waals surface area contributed by atoms with Gasteiger partial charge in [-0.15, -0.1) is 12.6 Å². The highest BCUT2D eigenvalue weighted by Gasteiger charge is 2.23. The van der Waals surface area contributed by atoms with Crippen molar-refractivity contribution in [1.29, 1.82) is 0 Å². The second-order valence-electron chi connectivity index (χ2n) is 4.46. The fraction of sp³-hybridized carbons (Fsp3) is 0.214. The Morgan fingerprint density at radius 1 is 1.36 bits per heavy atom. The molecule has 2 amide bonds. The second-order valence-corrected chi connectivity index (χ2v) is 5.03. The zero-order valence-electron chi connectivity index (χ0n) is 11.6. The maximum absolute atomic E-state index is 12.2. The van der Waals surface area contributed by atoms with Crippen LogP contribution in [0.5, 0.6) is 0 Å². The summed E-state index contributed by atoms with van der Waals surface area (Å²) in [6.45, 7) is 0.205. The normalized spacial score (nSPS) is 14.4. The number of hydrogen-bond acceptors (Lipinski definition) is 6. The molecule has 2 heterocycles. The zero-order valence-corrected chi connectivity index (χ0v) is 12.5. The van der Waals surface area contributed by atoms with E-state index in [0.717, 1.165) is 0 Å². The van der Waals surface area contributed by atoms with Crippen LogP contribution in [0.15, 0.2) is 29.5 Å². The van der Waals surface area contributed by atoms with Gasteiger partial charge in [0.25, 0.3) is 5.91 Å². The van der Waals surface area contributed by atoms with Crippen molar-refractivity contribution in [3.63, 3.8) is 0 Å². The third-order valence-electron chi connectivity index (χ3n) is 2.93. The van der Waals surface area contributed by atoms with Crippen LogP contribution in [0.25, 0.3) is 0 Å². The van der Waals surface area contributed by atoms with Gasteiger partial charge >= 0.3 is 0 Å². The largest absolute Gasteiger partial charge is 0.346 e. The summed E-state index contributed by atoms with van der Waals surface area (Å²) in [5, 5.41) is 5.29. The van der Waals surface area contributed by atoms with Gasteiger partial charge in [-0.2, -0.15) is 0 Å². The van der Waals surface area contributed by atoms with Crippen LogP contribution < -0.4 is 10.6 Å². The average Bonchev–Trinajstić information content (AvgIpc) is 2.52. The number of aldehydes is 1. The number of carbonyl (C=O) groups is 3. The van der Waals surface area contributed by atoms with E-state index in [2.05, 4.69) is 33.2 Å². The number of rotatable bonds is 5. The number of aromatic nitrogens is 2. The molecule has 114 valence electrons. The number of fused-ring (bicyclic) bond motifs is 1. The standard InChI is InChI=1S/C14H14N4O3S/c19-6-2-1-3-9(22)7-15-14(21)12-10-4-5-11(20)18-13(10)17-8-16-12/h1-3,6,8,22H,4-5,7H2,(H,15,21)(H,16,17,18,20)/b2-1+,9-3-. The maximum atomic E-state index is 12.2. The molecule has 0 aliphatic carbocycles. The van der Waals surface area contributed by atoms with Crippen molar-refractivity contribution >= 4 is 36.5 Å². The molecule has 22 heavy (non-hydrogen) atoms. The molecule has 0 fully saturated rings. The van der Waals surface area contributed by atoms with Crippen LogP contribution in [0.2, 0.25) is 0 Å². The molecule has 0 unspecified atom stereocenters. The average molecular weight is 318 g/mol. The van der Waals surface area contributed by atoms with Crippen molar-refractivity contribution in [3.8, 4) is 0 Å².